The first kappa shape index (κ1) is 17.0. The number of hydrogen-bond donors (Lipinski definition) is 1. The van der Waals surface area contributed by atoms with Crippen LogP contribution < -0.4 is 5.32 Å². The van der Waals surface area contributed by atoms with E-state index in [4.69, 9.17) is 6.42 Å². The van der Waals surface area contributed by atoms with Crippen LogP contribution in [0.5, 0.6) is 0 Å². The maximum Gasteiger partial charge on any atom is 0.253 e. The van der Waals surface area contributed by atoms with Crippen LogP contribution in [0, 0.1) is 12.3 Å². The highest BCUT2D eigenvalue weighted by molar-refractivity contribution is 5.94. The molecule has 122 valence electrons. The fraction of sp³-hybridized carbons (Fsp3) is 0.444. The van der Waals surface area contributed by atoms with Crippen molar-refractivity contribution in [3.05, 3.63) is 35.4 Å². The van der Waals surface area contributed by atoms with Crippen molar-refractivity contribution in [2.24, 2.45) is 0 Å². The summed E-state index contributed by atoms with van der Waals surface area (Å²) in [6, 6.07) is 7.78. The van der Waals surface area contributed by atoms with Crippen LogP contribution in [-0.2, 0) is 11.2 Å². The zero-order chi connectivity index (χ0) is 16.7. The number of hydrogen-bond acceptors (Lipinski definition) is 3. The van der Waals surface area contributed by atoms with Crippen LogP contribution in [-0.4, -0.2) is 60.9 Å². The van der Waals surface area contributed by atoms with E-state index in [1.165, 1.54) is 5.56 Å². The number of carbonyl (C=O) groups excluding carboxylic acids is 2. The van der Waals surface area contributed by atoms with Gasteiger partial charge in [-0.15, -0.1) is 6.42 Å². The Morgan fingerprint density at radius 2 is 1.83 bits per heavy atom. The van der Waals surface area contributed by atoms with Gasteiger partial charge in [-0.3, -0.25) is 14.5 Å². The molecule has 23 heavy (non-hydrogen) atoms. The van der Waals surface area contributed by atoms with Crippen molar-refractivity contribution >= 4 is 11.8 Å². The van der Waals surface area contributed by atoms with E-state index in [9.17, 15) is 9.59 Å². The fourth-order valence-corrected chi connectivity index (χ4v) is 2.58. The van der Waals surface area contributed by atoms with Crippen molar-refractivity contribution in [1.29, 1.82) is 0 Å². The molecule has 1 aliphatic rings. The fourth-order valence-electron chi connectivity index (χ4n) is 2.58. The average Bonchev–Trinajstić information content (AvgIpc) is 2.60. The number of nitrogens with zero attached hydrogens (tertiary/aromatic N) is 2. The molecule has 1 aromatic rings. The Labute approximate surface area is 137 Å². The van der Waals surface area contributed by atoms with Crippen LogP contribution in [0.2, 0.25) is 0 Å². The van der Waals surface area contributed by atoms with Gasteiger partial charge in [0.2, 0.25) is 5.91 Å². The first-order valence-electron chi connectivity index (χ1n) is 7.94. The quantitative estimate of drug-likeness (QED) is 0.817. The molecular formula is C18H23N3O2. The number of piperazine rings is 1. The van der Waals surface area contributed by atoms with E-state index >= 15 is 0 Å². The third-order valence-corrected chi connectivity index (χ3v) is 4.02. The molecule has 0 spiro atoms. The summed E-state index contributed by atoms with van der Waals surface area (Å²) in [4.78, 5) is 28.0. The van der Waals surface area contributed by atoms with Crippen LogP contribution in [0.4, 0.5) is 0 Å². The highest BCUT2D eigenvalue weighted by Gasteiger charge is 2.23. The second-order valence-corrected chi connectivity index (χ2v) is 5.60. The summed E-state index contributed by atoms with van der Waals surface area (Å²) >= 11 is 0. The second-order valence-electron chi connectivity index (χ2n) is 5.60. The highest BCUT2D eigenvalue weighted by Crippen LogP contribution is 2.10. The zero-order valence-electron chi connectivity index (χ0n) is 13.5. The monoisotopic (exact) mass is 313 g/mol. The molecule has 0 saturated carbocycles. The standard InChI is InChI=1S/C18H23N3O2/c1-3-9-19-17(22)14-20-10-12-21(13-11-20)18(23)16-7-5-15(4-2)6-8-16/h1,5-8H,4,9-14H2,2H3,(H,19,22). The summed E-state index contributed by atoms with van der Waals surface area (Å²) in [5.74, 6) is 2.37. The average molecular weight is 313 g/mol. The molecule has 1 N–H and O–H groups in total. The molecule has 0 unspecified atom stereocenters. The number of carbonyl (C=O) groups is 2. The van der Waals surface area contributed by atoms with E-state index in [2.05, 4.69) is 18.2 Å². The minimum atomic E-state index is -0.0714. The van der Waals surface area contributed by atoms with Crippen LogP contribution in [0.15, 0.2) is 24.3 Å². The Bertz CT molecular complexity index is 581. The molecule has 1 saturated heterocycles. The number of terminal acetylenes is 1. The first-order chi connectivity index (χ1) is 11.1. The minimum absolute atomic E-state index is 0.0593. The molecule has 0 bridgehead atoms. The van der Waals surface area contributed by atoms with E-state index in [1.54, 1.807) is 0 Å². The van der Waals surface area contributed by atoms with E-state index < -0.39 is 0 Å². The number of rotatable bonds is 5. The molecule has 2 rings (SSSR count). The molecular weight excluding hydrogens is 290 g/mol. The Morgan fingerprint density at radius 3 is 2.39 bits per heavy atom. The van der Waals surface area contributed by atoms with Gasteiger partial charge in [-0.1, -0.05) is 25.0 Å². The van der Waals surface area contributed by atoms with E-state index in [1.807, 2.05) is 34.1 Å². The van der Waals surface area contributed by atoms with Crippen LogP contribution in [0.1, 0.15) is 22.8 Å². The summed E-state index contributed by atoms with van der Waals surface area (Å²) in [5, 5.41) is 2.65. The van der Waals surface area contributed by atoms with Gasteiger partial charge in [-0.05, 0) is 24.1 Å². The lowest BCUT2D eigenvalue weighted by Gasteiger charge is -2.34. The second kappa shape index (κ2) is 8.35. The smallest absolute Gasteiger partial charge is 0.253 e. The Hall–Kier alpha value is -2.32. The van der Waals surface area contributed by atoms with Gasteiger partial charge in [0.05, 0.1) is 13.1 Å². The van der Waals surface area contributed by atoms with Crippen molar-refractivity contribution in [3.8, 4) is 12.3 Å². The molecule has 0 atom stereocenters. The van der Waals surface area contributed by atoms with Crippen molar-refractivity contribution < 1.29 is 9.59 Å². The number of nitrogens with one attached hydrogen (secondary N) is 1. The van der Waals surface area contributed by atoms with Crippen LogP contribution in [0.3, 0.4) is 0 Å². The SMILES string of the molecule is C#CCNC(=O)CN1CCN(C(=O)c2ccc(CC)cc2)CC1. The van der Waals surface area contributed by atoms with Crippen molar-refractivity contribution in [3.63, 3.8) is 0 Å². The topological polar surface area (TPSA) is 52.7 Å². The van der Waals surface area contributed by atoms with Crippen molar-refractivity contribution in [1.82, 2.24) is 15.1 Å². The van der Waals surface area contributed by atoms with Crippen molar-refractivity contribution in [2.75, 3.05) is 39.3 Å². The molecule has 5 nitrogen and oxygen atoms in total. The van der Waals surface area contributed by atoms with Gasteiger partial charge in [-0.25, -0.2) is 0 Å². The molecule has 0 radical (unpaired) electrons. The molecule has 2 amide bonds. The summed E-state index contributed by atoms with van der Waals surface area (Å²) in [7, 11) is 0. The normalized spacial score (nSPS) is 15.0. The third-order valence-electron chi connectivity index (χ3n) is 4.02. The predicted molar refractivity (Wildman–Crippen MR) is 90.0 cm³/mol. The summed E-state index contributed by atoms with van der Waals surface area (Å²) < 4.78 is 0. The minimum Gasteiger partial charge on any atom is -0.344 e. The maximum absolute atomic E-state index is 12.5. The molecule has 1 aliphatic heterocycles. The van der Waals surface area contributed by atoms with E-state index in [0.717, 1.165) is 12.0 Å². The van der Waals surface area contributed by atoms with Gasteiger partial charge in [-0.2, -0.15) is 0 Å². The number of benzene rings is 1. The maximum atomic E-state index is 12.5. The van der Waals surface area contributed by atoms with Crippen LogP contribution >= 0.6 is 0 Å². The molecule has 0 aliphatic carbocycles. The number of aryl methyl sites for hydroxylation is 1. The largest absolute Gasteiger partial charge is 0.344 e. The lowest BCUT2D eigenvalue weighted by Crippen LogP contribution is -2.51. The highest BCUT2D eigenvalue weighted by atomic mass is 16.2. The summed E-state index contributed by atoms with van der Waals surface area (Å²) in [6.45, 7) is 5.34. The van der Waals surface area contributed by atoms with Gasteiger partial charge >= 0.3 is 0 Å². The zero-order valence-corrected chi connectivity index (χ0v) is 13.5. The van der Waals surface area contributed by atoms with E-state index in [0.29, 0.717) is 32.7 Å². The van der Waals surface area contributed by atoms with E-state index in [-0.39, 0.29) is 18.4 Å². The van der Waals surface area contributed by atoms with Crippen molar-refractivity contribution in [2.45, 2.75) is 13.3 Å². The molecule has 1 aromatic carbocycles. The lowest BCUT2D eigenvalue weighted by molar-refractivity contribution is -0.122. The Morgan fingerprint density at radius 1 is 1.17 bits per heavy atom. The third kappa shape index (κ3) is 4.83. The molecule has 5 heteroatoms. The Kier molecular flexibility index (Phi) is 6.19. The summed E-state index contributed by atoms with van der Waals surface area (Å²) in [5.41, 5.74) is 1.95. The van der Waals surface area contributed by atoms with Gasteiger partial charge < -0.3 is 10.2 Å². The molecule has 0 aromatic heterocycles. The van der Waals surface area contributed by atoms with Crippen LogP contribution in [0.25, 0.3) is 0 Å². The molecule has 1 heterocycles. The summed E-state index contributed by atoms with van der Waals surface area (Å²) in [6.07, 6.45) is 6.08. The Balaban J connectivity index is 1.82. The number of amides is 2. The molecule has 1 fully saturated rings. The first-order valence-corrected chi connectivity index (χ1v) is 7.94. The predicted octanol–water partition coefficient (Wildman–Crippen LogP) is 0.756. The van der Waals surface area contributed by atoms with Gasteiger partial charge in [0.1, 0.15) is 0 Å². The van der Waals surface area contributed by atoms with Gasteiger partial charge in [0.25, 0.3) is 5.91 Å². The lowest BCUT2D eigenvalue weighted by atomic mass is 10.1. The van der Waals surface area contributed by atoms with Gasteiger partial charge in [0.15, 0.2) is 0 Å². The van der Waals surface area contributed by atoms with Gasteiger partial charge in [0, 0.05) is 31.7 Å².